The Kier molecular flexibility index (Phi) is 4.47. The van der Waals surface area contributed by atoms with Gasteiger partial charge in [0.1, 0.15) is 6.07 Å². The van der Waals surface area contributed by atoms with Gasteiger partial charge in [0.05, 0.1) is 11.3 Å². The molecule has 0 fully saturated rings. The lowest BCUT2D eigenvalue weighted by atomic mass is 10.2. The first kappa shape index (κ1) is 11.9. The van der Waals surface area contributed by atoms with Crippen molar-refractivity contribution < 1.29 is 0 Å². The molecule has 0 amide bonds. The zero-order valence-electron chi connectivity index (χ0n) is 9.03. The molecule has 0 bridgehead atoms. The summed E-state index contributed by atoms with van der Waals surface area (Å²) in [6, 6.07) is 7.65. The predicted octanol–water partition coefficient (Wildman–Crippen LogP) is 1.79. The summed E-state index contributed by atoms with van der Waals surface area (Å²) in [5.74, 6) is 0.978. The van der Waals surface area contributed by atoms with Crippen molar-refractivity contribution in [1.29, 1.82) is 5.26 Å². The van der Waals surface area contributed by atoms with Crippen LogP contribution in [0.2, 0.25) is 0 Å². The van der Waals surface area contributed by atoms with E-state index in [2.05, 4.69) is 11.0 Å². The van der Waals surface area contributed by atoms with E-state index < -0.39 is 0 Å². The molecule has 15 heavy (non-hydrogen) atoms. The number of nitrogen functional groups attached to an aromatic ring is 1. The number of nitriles is 1. The van der Waals surface area contributed by atoms with Gasteiger partial charge in [-0.1, -0.05) is 6.07 Å². The van der Waals surface area contributed by atoms with Crippen molar-refractivity contribution in [2.24, 2.45) is 0 Å². The Morgan fingerprint density at radius 2 is 2.20 bits per heavy atom. The van der Waals surface area contributed by atoms with E-state index in [4.69, 9.17) is 11.0 Å². The van der Waals surface area contributed by atoms with E-state index in [1.54, 1.807) is 17.8 Å². The fourth-order valence-corrected chi connectivity index (χ4v) is 2.22. The van der Waals surface area contributed by atoms with Gasteiger partial charge in [-0.25, -0.2) is 0 Å². The molecule has 1 rings (SSSR count). The third-order valence-corrected chi connectivity index (χ3v) is 3.04. The third-order valence-electron chi connectivity index (χ3n) is 1.98. The summed E-state index contributed by atoms with van der Waals surface area (Å²) in [5, 5.41) is 8.81. The minimum Gasteiger partial charge on any atom is -0.397 e. The van der Waals surface area contributed by atoms with Crippen LogP contribution in [0, 0.1) is 11.3 Å². The number of nitrogens with zero attached hydrogens (tertiary/aromatic N) is 2. The summed E-state index contributed by atoms with van der Waals surface area (Å²) in [6.07, 6.45) is 0. The lowest BCUT2D eigenvalue weighted by Gasteiger charge is -2.10. The maximum Gasteiger partial charge on any atom is 0.101 e. The standard InChI is InChI=1S/C11H15N3S/c1-14(2)6-7-15-10-5-3-4-9(8-12)11(10)13/h3-5H,6-7,13H2,1-2H3. The van der Waals surface area contributed by atoms with Crippen molar-refractivity contribution in [3.05, 3.63) is 23.8 Å². The molecule has 0 saturated carbocycles. The Labute approximate surface area is 94.9 Å². The average Bonchev–Trinajstić information content (AvgIpc) is 2.20. The predicted molar refractivity (Wildman–Crippen MR) is 64.8 cm³/mol. The molecule has 80 valence electrons. The zero-order chi connectivity index (χ0) is 11.3. The van der Waals surface area contributed by atoms with E-state index in [0.29, 0.717) is 11.3 Å². The monoisotopic (exact) mass is 221 g/mol. The third kappa shape index (κ3) is 3.46. The van der Waals surface area contributed by atoms with Crippen molar-refractivity contribution >= 4 is 17.4 Å². The number of hydrogen-bond donors (Lipinski definition) is 1. The number of benzene rings is 1. The van der Waals surface area contributed by atoms with E-state index in [0.717, 1.165) is 17.2 Å². The average molecular weight is 221 g/mol. The zero-order valence-corrected chi connectivity index (χ0v) is 9.84. The Bertz CT molecular complexity index is 369. The van der Waals surface area contributed by atoms with Crippen molar-refractivity contribution in [2.45, 2.75) is 4.90 Å². The minimum absolute atomic E-state index is 0.560. The van der Waals surface area contributed by atoms with Gasteiger partial charge >= 0.3 is 0 Å². The number of rotatable bonds is 4. The molecule has 0 aliphatic carbocycles. The molecule has 0 saturated heterocycles. The van der Waals surface area contributed by atoms with Crippen LogP contribution in [0.5, 0.6) is 0 Å². The second-order valence-corrected chi connectivity index (χ2v) is 4.62. The Balaban J connectivity index is 2.66. The molecular formula is C11H15N3S. The summed E-state index contributed by atoms with van der Waals surface area (Å²) >= 11 is 1.69. The normalized spacial score (nSPS) is 10.3. The van der Waals surface area contributed by atoms with Gasteiger partial charge in [0.2, 0.25) is 0 Å². The molecule has 0 heterocycles. The first-order valence-corrected chi connectivity index (χ1v) is 5.70. The molecule has 0 aliphatic rings. The number of para-hydroxylation sites is 1. The van der Waals surface area contributed by atoms with E-state index >= 15 is 0 Å². The summed E-state index contributed by atoms with van der Waals surface area (Å²) in [7, 11) is 4.07. The van der Waals surface area contributed by atoms with Gasteiger partial charge < -0.3 is 10.6 Å². The van der Waals surface area contributed by atoms with Crippen LogP contribution in [0.3, 0.4) is 0 Å². The van der Waals surface area contributed by atoms with E-state index in [-0.39, 0.29) is 0 Å². The molecule has 3 nitrogen and oxygen atoms in total. The van der Waals surface area contributed by atoms with Gasteiger partial charge in [0, 0.05) is 17.2 Å². The van der Waals surface area contributed by atoms with Crippen LogP contribution in [0.4, 0.5) is 5.69 Å². The first-order valence-electron chi connectivity index (χ1n) is 4.71. The molecule has 0 aromatic heterocycles. The van der Waals surface area contributed by atoms with Crippen LogP contribution >= 0.6 is 11.8 Å². The summed E-state index contributed by atoms with van der Waals surface area (Å²) in [6.45, 7) is 1.00. The van der Waals surface area contributed by atoms with E-state index in [1.807, 2.05) is 26.2 Å². The van der Waals surface area contributed by atoms with Crippen molar-refractivity contribution in [1.82, 2.24) is 4.90 Å². The fourth-order valence-electron chi connectivity index (χ4n) is 1.11. The van der Waals surface area contributed by atoms with E-state index in [1.165, 1.54) is 0 Å². The van der Waals surface area contributed by atoms with Crippen molar-refractivity contribution in [3.8, 4) is 6.07 Å². The lowest BCUT2D eigenvalue weighted by Crippen LogP contribution is -2.14. The van der Waals surface area contributed by atoms with Crippen LogP contribution in [-0.2, 0) is 0 Å². The Hall–Kier alpha value is -1.18. The van der Waals surface area contributed by atoms with Crippen molar-refractivity contribution in [2.75, 3.05) is 32.1 Å². The molecule has 4 heteroatoms. The molecule has 0 radical (unpaired) electrons. The van der Waals surface area contributed by atoms with Gasteiger partial charge in [0.25, 0.3) is 0 Å². The van der Waals surface area contributed by atoms with Crippen LogP contribution < -0.4 is 5.73 Å². The van der Waals surface area contributed by atoms with Crippen LogP contribution in [0.15, 0.2) is 23.1 Å². The maximum atomic E-state index is 8.81. The number of anilines is 1. The molecule has 0 atom stereocenters. The van der Waals surface area contributed by atoms with Crippen LogP contribution in [-0.4, -0.2) is 31.3 Å². The molecule has 1 aromatic carbocycles. The number of hydrogen-bond acceptors (Lipinski definition) is 4. The summed E-state index contributed by atoms with van der Waals surface area (Å²) < 4.78 is 0. The maximum absolute atomic E-state index is 8.81. The van der Waals surface area contributed by atoms with Crippen LogP contribution in [0.25, 0.3) is 0 Å². The fraction of sp³-hybridized carbons (Fsp3) is 0.364. The highest BCUT2D eigenvalue weighted by molar-refractivity contribution is 7.99. The summed E-state index contributed by atoms with van der Waals surface area (Å²) in [5.41, 5.74) is 7.01. The molecule has 2 N–H and O–H groups in total. The molecular weight excluding hydrogens is 206 g/mol. The quantitative estimate of drug-likeness (QED) is 0.622. The lowest BCUT2D eigenvalue weighted by molar-refractivity contribution is 0.437. The van der Waals surface area contributed by atoms with Crippen molar-refractivity contribution in [3.63, 3.8) is 0 Å². The van der Waals surface area contributed by atoms with Gasteiger partial charge in [-0.2, -0.15) is 5.26 Å². The highest BCUT2D eigenvalue weighted by Gasteiger charge is 2.04. The molecule has 1 aromatic rings. The number of nitrogens with two attached hydrogens (primary N) is 1. The van der Waals surface area contributed by atoms with Crippen LogP contribution in [0.1, 0.15) is 5.56 Å². The summed E-state index contributed by atoms with van der Waals surface area (Å²) in [4.78, 5) is 3.12. The Morgan fingerprint density at radius 1 is 1.47 bits per heavy atom. The number of thioether (sulfide) groups is 1. The van der Waals surface area contributed by atoms with Gasteiger partial charge in [-0.05, 0) is 26.2 Å². The minimum atomic E-state index is 0.560. The Morgan fingerprint density at radius 3 is 2.80 bits per heavy atom. The molecule has 0 aliphatic heterocycles. The van der Waals surface area contributed by atoms with Gasteiger partial charge in [-0.3, -0.25) is 0 Å². The topological polar surface area (TPSA) is 53.0 Å². The second kappa shape index (κ2) is 5.64. The second-order valence-electron chi connectivity index (χ2n) is 3.48. The SMILES string of the molecule is CN(C)CCSc1cccc(C#N)c1N. The highest BCUT2D eigenvalue weighted by Crippen LogP contribution is 2.27. The first-order chi connectivity index (χ1) is 7.15. The molecule has 0 unspecified atom stereocenters. The van der Waals surface area contributed by atoms with E-state index in [9.17, 15) is 0 Å². The highest BCUT2D eigenvalue weighted by atomic mass is 32.2. The largest absolute Gasteiger partial charge is 0.397 e. The van der Waals surface area contributed by atoms with Gasteiger partial charge in [-0.15, -0.1) is 11.8 Å². The molecule has 0 spiro atoms. The van der Waals surface area contributed by atoms with Gasteiger partial charge in [0.15, 0.2) is 0 Å². The smallest absolute Gasteiger partial charge is 0.101 e.